The maximum Gasteiger partial charge on any atom is 0.271 e. The Balaban J connectivity index is 1.96. The van der Waals surface area contributed by atoms with Crippen LogP contribution in [0.3, 0.4) is 0 Å². The molecular weight excluding hydrogens is 379 g/mol. The number of carbonyl (C=O) groups is 2. The van der Waals surface area contributed by atoms with Gasteiger partial charge in [-0.3, -0.25) is 20.4 Å². The van der Waals surface area contributed by atoms with E-state index in [1.165, 1.54) is 38.5 Å². The third-order valence-corrected chi connectivity index (χ3v) is 3.86. The Morgan fingerprint density at radius 2 is 1.69 bits per heavy atom. The molecule has 26 heavy (non-hydrogen) atoms. The molecule has 8 heteroatoms. The molecule has 0 heterocycles. The van der Waals surface area contributed by atoms with Crippen LogP contribution in [-0.2, 0) is 4.79 Å². The first-order valence-corrected chi connectivity index (χ1v) is 8.15. The zero-order valence-corrected chi connectivity index (χ0v) is 15.5. The second-order valence-corrected chi connectivity index (χ2v) is 5.86. The Morgan fingerprint density at radius 1 is 0.962 bits per heavy atom. The molecule has 0 aliphatic heterocycles. The van der Waals surface area contributed by atoms with E-state index in [4.69, 9.17) is 32.7 Å². The molecule has 0 aliphatic carbocycles. The molecule has 0 saturated carbocycles. The van der Waals surface area contributed by atoms with E-state index < -0.39 is 11.8 Å². The number of rotatable bonds is 5. The Labute approximate surface area is 160 Å². The molecular formula is C18H16Cl2N2O4. The standard InChI is InChI=1S/C18H16Cl2N2O4/c1-25-15-7-3-11(9-16(15)26-2)4-8-17(23)21-22-18(24)13-6-5-12(19)10-14(13)20/h3-10H,1-2H3,(H,21,23)(H,22,24)/b8-4+. The van der Waals surface area contributed by atoms with Gasteiger partial charge in [0.15, 0.2) is 11.5 Å². The topological polar surface area (TPSA) is 76.7 Å². The van der Waals surface area contributed by atoms with Crippen LogP contribution in [0.5, 0.6) is 11.5 Å². The number of methoxy groups -OCH3 is 2. The molecule has 2 amide bonds. The van der Waals surface area contributed by atoms with Crippen molar-refractivity contribution in [3.63, 3.8) is 0 Å². The van der Waals surface area contributed by atoms with E-state index in [1.807, 2.05) is 0 Å². The summed E-state index contributed by atoms with van der Waals surface area (Å²) in [6.45, 7) is 0. The molecule has 0 aliphatic rings. The molecule has 0 aromatic heterocycles. The third kappa shape index (κ3) is 5.15. The predicted molar refractivity (Wildman–Crippen MR) is 101 cm³/mol. The van der Waals surface area contributed by atoms with E-state index in [9.17, 15) is 9.59 Å². The summed E-state index contributed by atoms with van der Waals surface area (Å²) in [5, 5.41) is 0.596. The van der Waals surface area contributed by atoms with Crippen LogP contribution < -0.4 is 20.3 Å². The molecule has 2 aromatic carbocycles. The van der Waals surface area contributed by atoms with Gasteiger partial charge in [-0.15, -0.1) is 0 Å². The van der Waals surface area contributed by atoms with Gasteiger partial charge in [0.1, 0.15) is 0 Å². The van der Waals surface area contributed by atoms with E-state index in [0.717, 1.165) is 5.56 Å². The number of benzene rings is 2. The second kappa shape index (κ2) is 9.12. The molecule has 6 nitrogen and oxygen atoms in total. The van der Waals surface area contributed by atoms with Crippen molar-refractivity contribution in [2.45, 2.75) is 0 Å². The molecule has 0 spiro atoms. The first-order chi connectivity index (χ1) is 12.4. The minimum Gasteiger partial charge on any atom is -0.493 e. The van der Waals surface area contributed by atoms with E-state index >= 15 is 0 Å². The number of hydrazine groups is 1. The Bertz CT molecular complexity index is 853. The zero-order chi connectivity index (χ0) is 19.1. The van der Waals surface area contributed by atoms with Crippen LogP contribution >= 0.6 is 23.2 Å². The van der Waals surface area contributed by atoms with Crippen molar-refractivity contribution in [3.05, 3.63) is 63.6 Å². The van der Waals surface area contributed by atoms with Crippen LogP contribution in [0.4, 0.5) is 0 Å². The van der Waals surface area contributed by atoms with Crippen molar-refractivity contribution in [2.75, 3.05) is 14.2 Å². The monoisotopic (exact) mass is 394 g/mol. The number of ether oxygens (including phenoxy) is 2. The van der Waals surface area contributed by atoms with Gasteiger partial charge in [0.05, 0.1) is 24.8 Å². The van der Waals surface area contributed by atoms with Crippen molar-refractivity contribution in [1.29, 1.82) is 0 Å². The minimum absolute atomic E-state index is 0.185. The molecule has 2 rings (SSSR count). The average molecular weight is 395 g/mol. The molecule has 2 aromatic rings. The van der Waals surface area contributed by atoms with Crippen LogP contribution in [0, 0.1) is 0 Å². The van der Waals surface area contributed by atoms with Gasteiger partial charge in [-0.1, -0.05) is 29.3 Å². The fourth-order valence-electron chi connectivity index (χ4n) is 2.03. The van der Waals surface area contributed by atoms with Gasteiger partial charge in [-0.2, -0.15) is 0 Å². The molecule has 0 atom stereocenters. The number of halogens is 2. The van der Waals surface area contributed by atoms with Crippen LogP contribution in [0.2, 0.25) is 10.0 Å². The predicted octanol–water partition coefficient (Wildman–Crippen LogP) is 3.49. The fraction of sp³-hybridized carbons (Fsp3) is 0.111. The normalized spacial score (nSPS) is 10.5. The van der Waals surface area contributed by atoms with E-state index in [0.29, 0.717) is 16.5 Å². The summed E-state index contributed by atoms with van der Waals surface area (Å²) in [5.41, 5.74) is 5.47. The zero-order valence-electron chi connectivity index (χ0n) is 14.0. The highest BCUT2D eigenvalue weighted by atomic mass is 35.5. The maximum atomic E-state index is 12.0. The van der Waals surface area contributed by atoms with Gasteiger partial charge in [-0.05, 0) is 42.0 Å². The summed E-state index contributed by atoms with van der Waals surface area (Å²) >= 11 is 11.7. The van der Waals surface area contributed by atoms with Crippen LogP contribution in [0.15, 0.2) is 42.5 Å². The maximum absolute atomic E-state index is 12.0. The van der Waals surface area contributed by atoms with Gasteiger partial charge in [0.2, 0.25) is 0 Å². The van der Waals surface area contributed by atoms with E-state index in [1.54, 1.807) is 24.3 Å². The van der Waals surface area contributed by atoms with Crippen molar-refractivity contribution in [3.8, 4) is 11.5 Å². The highest BCUT2D eigenvalue weighted by Gasteiger charge is 2.11. The van der Waals surface area contributed by atoms with E-state index in [2.05, 4.69) is 10.9 Å². The summed E-state index contributed by atoms with van der Waals surface area (Å²) in [6.07, 6.45) is 2.84. The van der Waals surface area contributed by atoms with E-state index in [-0.39, 0.29) is 10.6 Å². The summed E-state index contributed by atoms with van der Waals surface area (Å²) < 4.78 is 10.3. The quantitative estimate of drug-likeness (QED) is 0.600. The molecule has 0 bridgehead atoms. The van der Waals surface area contributed by atoms with Gasteiger partial charge < -0.3 is 9.47 Å². The number of amides is 2. The lowest BCUT2D eigenvalue weighted by Crippen LogP contribution is -2.40. The number of carbonyl (C=O) groups excluding carboxylic acids is 2. The highest BCUT2D eigenvalue weighted by Crippen LogP contribution is 2.27. The average Bonchev–Trinajstić information content (AvgIpc) is 2.64. The number of hydrogen-bond donors (Lipinski definition) is 2. The highest BCUT2D eigenvalue weighted by molar-refractivity contribution is 6.36. The SMILES string of the molecule is COc1ccc(/C=C/C(=O)NNC(=O)c2ccc(Cl)cc2Cl)cc1OC. The largest absolute Gasteiger partial charge is 0.493 e. The van der Waals surface area contributed by atoms with Crippen LogP contribution in [0.25, 0.3) is 6.08 Å². The second-order valence-electron chi connectivity index (χ2n) is 5.02. The van der Waals surface area contributed by atoms with Crippen molar-refractivity contribution in [2.24, 2.45) is 0 Å². The molecule has 0 radical (unpaired) electrons. The van der Waals surface area contributed by atoms with Crippen LogP contribution in [-0.4, -0.2) is 26.0 Å². The minimum atomic E-state index is -0.556. The van der Waals surface area contributed by atoms with Crippen molar-refractivity contribution < 1.29 is 19.1 Å². The summed E-state index contributed by atoms with van der Waals surface area (Å²) in [5.74, 6) is 0.0553. The van der Waals surface area contributed by atoms with Gasteiger partial charge >= 0.3 is 0 Å². The summed E-state index contributed by atoms with van der Waals surface area (Å²) in [6, 6.07) is 9.64. The lowest BCUT2D eigenvalue weighted by atomic mass is 10.2. The van der Waals surface area contributed by atoms with Gasteiger partial charge in [0.25, 0.3) is 11.8 Å². The molecule has 0 saturated heterocycles. The van der Waals surface area contributed by atoms with Gasteiger partial charge in [0, 0.05) is 11.1 Å². The molecule has 136 valence electrons. The Hall–Kier alpha value is -2.70. The van der Waals surface area contributed by atoms with Crippen molar-refractivity contribution in [1.82, 2.24) is 10.9 Å². The number of nitrogens with one attached hydrogen (secondary N) is 2. The van der Waals surface area contributed by atoms with Crippen LogP contribution in [0.1, 0.15) is 15.9 Å². The third-order valence-electron chi connectivity index (χ3n) is 3.31. The summed E-state index contributed by atoms with van der Waals surface area (Å²) in [4.78, 5) is 23.8. The lowest BCUT2D eigenvalue weighted by Gasteiger charge is -2.08. The number of hydrogen-bond acceptors (Lipinski definition) is 4. The summed E-state index contributed by atoms with van der Waals surface area (Å²) in [7, 11) is 3.06. The van der Waals surface area contributed by atoms with Crippen molar-refractivity contribution >= 4 is 41.1 Å². The van der Waals surface area contributed by atoms with Gasteiger partial charge in [-0.25, -0.2) is 0 Å². The molecule has 2 N–H and O–H groups in total. The smallest absolute Gasteiger partial charge is 0.271 e. The molecule has 0 unspecified atom stereocenters. The molecule has 0 fully saturated rings. The Morgan fingerprint density at radius 3 is 2.35 bits per heavy atom. The Kier molecular flexibility index (Phi) is 6.89. The lowest BCUT2D eigenvalue weighted by molar-refractivity contribution is -0.117. The fourth-order valence-corrected chi connectivity index (χ4v) is 2.52. The first-order valence-electron chi connectivity index (χ1n) is 7.40. The first kappa shape index (κ1) is 19.6.